The third kappa shape index (κ3) is 3.15. The van der Waals surface area contributed by atoms with Crippen molar-refractivity contribution in [3.05, 3.63) is 57.8 Å². The van der Waals surface area contributed by atoms with Crippen molar-refractivity contribution in [1.29, 1.82) is 0 Å². The molecule has 2 aliphatic rings. The minimum Gasteiger partial charge on any atom is -0.340 e. The second-order valence-electron chi connectivity index (χ2n) is 7.46. The molecule has 0 aliphatic carbocycles. The Morgan fingerprint density at radius 2 is 1.93 bits per heavy atom. The van der Waals surface area contributed by atoms with Gasteiger partial charge in [-0.15, -0.1) is 6.58 Å². The highest BCUT2D eigenvalue weighted by Gasteiger charge is 2.41. The number of fused-ring (bicyclic) bond motifs is 3. The highest BCUT2D eigenvalue weighted by Crippen LogP contribution is 2.30. The fourth-order valence-electron chi connectivity index (χ4n) is 4.35. The number of nitrogens with zero attached hydrogens (tertiary/aromatic N) is 3. The molecular formula is C20H22N4O4. The van der Waals surface area contributed by atoms with Gasteiger partial charge in [0.1, 0.15) is 6.54 Å². The summed E-state index contributed by atoms with van der Waals surface area (Å²) in [6.07, 6.45) is 2.76. The van der Waals surface area contributed by atoms with Crippen LogP contribution in [0.1, 0.15) is 12.8 Å². The van der Waals surface area contributed by atoms with Crippen molar-refractivity contribution < 1.29 is 9.59 Å². The minimum absolute atomic E-state index is 0.0295. The van der Waals surface area contributed by atoms with Crippen LogP contribution in [0, 0.1) is 5.92 Å². The van der Waals surface area contributed by atoms with E-state index < -0.39 is 11.2 Å². The topological polar surface area (TPSA) is 95.5 Å². The average molecular weight is 382 g/mol. The van der Waals surface area contributed by atoms with Crippen LogP contribution in [0.2, 0.25) is 0 Å². The molecule has 2 atom stereocenters. The number of nitrogens with one attached hydrogen (secondary N) is 1. The number of aromatic nitrogens is 2. The van der Waals surface area contributed by atoms with E-state index in [0.717, 1.165) is 6.42 Å². The standard InChI is InChI=1S/C20H22N4O4/c1-2-5-17(25)22-9-13-8-14(11-22)23(10-13)18(26)12-24-16-7-4-3-6-15(16)19(27)21-20(24)28/h2-4,6-7,13-14H,1,5,8-12H2,(H,21,27,28). The molecule has 4 rings (SSSR count). The van der Waals surface area contributed by atoms with Crippen molar-refractivity contribution in [1.82, 2.24) is 19.4 Å². The molecule has 2 fully saturated rings. The normalized spacial score (nSPS) is 21.1. The summed E-state index contributed by atoms with van der Waals surface area (Å²) < 4.78 is 1.31. The second-order valence-corrected chi connectivity index (χ2v) is 7.46. The Bertz CT molecular complexity index is 1070. The number of H-pyrrole nitrogens is 1. The number of hydrogen-bond acceptors (Lipinski definition) is 4. The largest absolute Gasteiger partial charge is 0.340 e. The van der Waals surface area contributed by atoms with Crippen LogP contribution in [0.3, 0.4) is 0 Å². The van der Waals surface area contributed by atoms with Crippen molar-refractivity contribution in [2.75, 3.05) is 19.6 Å². The van der Waals surface area contributed by atoms with Crippen LogP contribution in [0.25, 0.3) is 10.9 Å². The van der Waals surface area contributed by atoms with E-state index in [1.807, 2.05) is 0 Å². The Balaban J connectivity index is 1.57. The summed E-state index contributed by atoms with van der Waals surface area (Å²) in [5.41, 5.74) is -0.616. The molecular weight excluding hydrogens is 360 g/mol. The molecule has 146 valence electrons. The summed E-state index contributed by atoms with van der Waals surface area (Å²) in [5.74, 6) is 0.104. The number of hydrogen-bond donors (Lipinski definition) is 1. The number of likely N-dealkylation sites (tertiary alicyclic amines) is 2. The second kappa shape index (κ2) is 7.10. The van der Waals surface area contributed by atoms with Gasteiger partial charge in [-0.25, -0.2) is 4.79 Å². The van der Waals surface area contributed by atoms with Gasteiger partial charge in [-0.05, 0) is 24.5 Å². The number of aromatic amines is 1. The first-order valence-electron chi connectivity index (χ1n) is 9.38. The lowest BCUT2D eigenvalue weighted by molar-refractivity contribution is -0.136. The maximum absolute atomic E-state index is 13.0. The zero-order chi connectivity index (χ0) is 19.8. The first kappa shape index (κ1) is 18.2. The number of benzene rings is 1. The van der Waals surface area contributed by atoms with Crippen LogP contribution in [0.4, 0.5) is 0 Å². The summed E-state index contributed by atoms with van der Waals surface area (Å²) >= 11 is 0. The minimum atomic E-state index is -0.595. The van der Waals surface area contributed by atoms with Crippen LogP contribution in [0.5, 0.6) is 0 Å². The van der Waals surface area contributed by atoms with Crippen LogP contribution < -0.4 is 11.2 Å². The monoisotopic (exact) mass is 382 g/mol. The Kier molecular flexibility index (Phi) is 4.62. The van der Waals surface area contributed by atoms with Gasteiger partial charge >= 0.3 is 5.69 Å². The molecule has 2 saturated heterocycles. The van der Waals surface area contributed by atoms with Crippen LogP contribution in [0.15, 0.2) is 46.5 Å². The van der Waals surface area contributed by atoms with Gasteiger partial charge in [0.15, 0.2) is 0 Å². The molecule has 2 aliphatic heterocycles. The maximum atomic E-state index is 13.0. The van der Waals surface area contributed by atoms with Crippen LogP contribution in [-0.2, 0) is 16.1 Å². The van der Waals surface area contributed by atoms with Crippen molar-refractivity contribution in [3.8, 4) is 0 Å². The lowest BCUT2D eigenvalue weighted by Gasteiger charge is -2.32. The van der Waals surface area contributed by atoms with Crippen molar-refractivity contribution in [3.63, 3.8) is 0 Å². The molecule has 1 N–H and O–H groups in total. The number of carbonyl (C=O) groups excluding carboxylic acids is 2. The Labute approximate surface area is 161 Å². The molecule has 0 spiro atoms. The highest BCUT2D eigenvalue weighted by molar-refractivity contribution is 5.82. The molecule has 0 saturated carbocycles. The fraction of sp³-hybridized carbons (Fsp3) is 0.400. The number of para-hydroxylation sites is 1. The van der Waals surface area contributed by atoms with Gasteiger partial charge in [-0.1, -0.05) is 18.2 Å². The molecule has 1 aromatic carbocycles. The van der Waals surface area contributed by atoms with E-state index in [1.54, 1.807) is 40.1 Å². The van der Waals surface area contributed by atoms with Gasteiger partial charge in [0.2, 0.25) is 11.8 Å². The molecule has 2 amide bonds. The van der Waals surface area contributed by atoms with Crippen molar-refractivity contribution in [2.24, 2.45) is 5.92 Å². The summed E-state index contributed by atoms with van der Waals surface area (Å²) in [6.45, 7) is 5.21. The number of amides is 2. The molecule has 2 aromatic rings. The molecule has 28 heavy (non-hydrogen) atoms. The number of rotatable bonds is 4. The zero-order valence-electron chi connectivity index (χ0n) is 15.5. The van der Waals surface area contributed by atoms with Gasteiger partial charge in [-0.2, -0.15) is 0 Å². The van der Waals surface area contributed by atoms with E-state index in [9.17, 15) is 19.2 Å². The lowest BCUT2D eigenvalue weighted by atomic mass is 10.00. The molecule has 0 radical (unpaired) electrons. The third-order valence-corrected chi connectivity index (χ3v) is 5.60. The zero-order valence-corrected chi connectivity index (χ0v) is 15.5. The SMILES string of the molecule is C=CCC(=O)N1CC2CC(C1)N(C(=O)Cn1c(=O)[nH]c(=O)c3ccccc31)C2. The molecule has 1 aromatic heterocycles. The average Bonchev–Trinajstić information content (AvgIpc) is 2.98. The van der Waals surface area contributed by atoms with E-state index >= 15 is 0 Å². The van der Waals surface area contributed by atoms with E-state index in [0.29, 0.717) is 37.0 Å². The predicted octanol–water partition coefficient (Wildman–Crippen LogP) is 0.325. The summed E-state index contributed by atoms with van der Waals surface area (Å²) in [5, 5.41) is 0.372. The van der Waals surface area contributed by atoms with E-state index in [1.165, 1.54) is 4.57 Å². The van der Waals surface area contributed by atoms with Gasteiger partial charge in [0, 0.05) is 32.1 Å². The Morgan fingerprint density at radius 1 is 1.14 bits per heavy atom. The quantitative estimate of drug-likeness (QED) is 0.771. The van der Waals surface area contributed by atoms with Crippen LogP contribution >= 0.6 is 0 Å². The molecule has 3 heterocycles. The summed E-state index contributed by atoms with van der Waals surface area (Å²) in [6, 6.07) is 6.70. The Morgan fingerprint density at radius 3 is 2.71 bits per heavy atom. The maximum Gasteiger partial charge on any atom is 0.329 e. The molecule has 8 heteroatoms. The lowest BCUT2D eigenvalue weighted by Crippen LogP contribution is -2.47. The smallest absolute Gasteiger partial charge is 0.329 e. The van der Waals surface area contributed by atoms with Crippen molar-refractivity contribution in [2.45, 2.75) is 25.4 Å². The summed E-state index contributed by atoms with van der Waals surface area (Å²) in [7, 11) is 0. The molecule has 8 nitrogen and oxygen atoms in total. The number of carbonyl (C=O) groups is 2. The highest BCUT2D eigenvalue weighted by atomic mass is 16.2. The van der Waals surface area contributed by atoms with Gasteiger partial charge in [-0.3, -0.25) is 23.9 Å². The first-order valence-corrected chi connectivity index (χ1v) is 9.38. The van der Waals surface area contributed by atoms with Gasteiger partial charge in [0.25, 0.3) is 5.56 Å². The van der Waals surface area contributed by atoms with E-state index in [4.69, 9.17) is 0 Å². The van der Waals surface area contributed by atoms with Crippen LogP contribution in [-0.4, -0.2) is 56.8 Å². The first-order chi connectivity index (χ1) is 13.5. The number of piperidine rings is 1. The third-order valence-electron chi connectivity index (χ3n) is 5.60. The van der Waals surface area contributed by atoms with Gasteiger partial charge in [0.05, 0.1) is 10.9 Å². The predicted molar refractivity (Wildman–Crippen MR) is 104 cm³/mol. The fourth-order valence-corrected chi connectivity index (χ4v) is 4.35. The summed E-state index contributed by atoms with van der Waals surface area (Å²) in [4.78, 5) is 55.3. The van der Waals surface area contributed by atoms with E-state index in [-0.39, 0.29) is 30.3 Å². The molecule has 2 unspecified atom stereocenters. The van der Waals surface area contributed by atoms with Crippen molar-refractivity contribution >= 4 is 22.7 Å². The van der Waals surface area contributed by atoms with Gasteiger partial charge < -0.3 is 9.80 Å². The Hall–Kier alpha value is -3.16. The van der Waals surface area contributed by atoms with E-state index in [2.05, 4.69) is 11.6 Å². The molecule has 2 bridgehead atoms.